The third-order valence-corrected chi connectivity index (χ3v) is 7.78. The summed E-state index contributed by atoms with van der Waals surface area (Å²) in [7, 11) is 0. The first-order valence-electron chi connectivity index (χ1n) is 15.5. The van der Waals surface area contributed by atoms with E-state index in [0.717, 1.165) is 0 Å². The highest BCUT2D eigenvalue weighted by molar-refractivity contribution is 6.32. The van der Waals surface area contributed by atoms with Crippen LogP contribution in [0.15, 0.2) is 61.2 Å². The van der Waals surface area contributed by atoms with Crippen molar-refractivity contribution in [3.8, 4) is 0 Å². The molecule has 0 amide bonds. The molecule has 0 spiro atoms. The van der Waals surface area contributed by atoms with E-state index in [1.165, 1.54) is 24.8 Å². The van der Waals surface area contributed by atoms with Gasteiger partial charge in [-0.1, -0.05) is 0 Å². The normalized spacial score (nSPS) is 12.6. The van der Waals surface area contributed by atoms with Crippen LogP contribution in [0, 0.1) is 0 Å². The second kappa shape index (κ2) is 15.4. The van der Waals surface area contributed by atoms with Crippen LogP contribution in [0.3, 0.4) is 0 Å². The second-order valence-electron chi connectivity index (χ2n) is 10.8. The number of carbonyl (C=O) groups is 4. The Labute approximate surface area is 277 Å². The molecule has 0 saturated carbocycles. The maximum atomic E-state index is 13.0. The molecule has 2 aromatic heterocycles. The first-order chi connectivity index (χ1) is 23.4. The largest absolute Gasteiger partial charge is 0.383 e. The summed E-state index contributed by atoms with van der Waals surface area (Å²) in [6.07, 6.45) is 5.90. The lowest BCUT2D eigenvalue weighted by molar-refractivity contribution is 0.0980. The number of nitrogens with two attached hydrogens (primary N) is 4. The maximum Gasteiger partial charge on any atom is 0.198 e. The van der Waals surface area contributed by atoms with Crippen molar-refractivity contribution in [2.45, 2.75) is 0 Å². The second-order valence-corrected chi connectivity index (χ2v) is 10.8. The molecule has 2 aromatic carbocycles. The SMILES string of the molecule is NCCNc1ccc(NCCN)c2c1C(=O)c1ccncc1C2=O.NCCNc1ccc(NCCN)c2c1C(=O)c1ccncc1C2=O. The van der Waals surface area contributed by atoms with E-state index >= 15 is 0 Å². The van der Waals surface area contributed by atoms with E-state index in [1.54, 1.807) is 36.4 Å². The predicted molar refractivity (Wildman–Crippen MR) is 185 cm³/mol. The van der Waals surface area contributed by atoms with Crippen LogP contribution in [0.2, 0.25) is 0 Å². The Hall–Kier alpha value is -5.54. The predicted octanol–water partition coefficient (Wildman–Crippen LogP) is 1.20. The molecule has 48 heavy (non-hydrogen) atoms. The quantitative estimate of drug-likeness (QED) is 0.0927. The van der Waals surface area contributed by atoms with Crippen LogP contribution in [0.25, 0.3) is 0 Å². The van der Waals surface area contributed by atoms with Gasteiger partial charge in [0, 0.05) is 111 Å². The molecular weight excluding hydrogens is 612 g/mol. The van der Waals surface area contributed by atoms with Crippen LogP contribution >= 0.6 is 0 Å². The van der Waals surface area contributed by atoms with E-state index in [2.05, 4.69) is 31.2 Å². The summed E-state index contributed by atoms with van der Waals surface area (Å²) >= 11 is 0. The summed E-state index contributed by atoms with van der Waals surface area (Å²) in [4.78, 5) is 59.8. The lowest BCUT2D eigenvalue weighted by atomic mass is 9.83. The minimum Gasteiger partial charge on any atom is -0.383 e. The van der Waals surface area contributed by atoms with Gasteiger partial charge in [-0.3, -0.25) is 29.1 Å². The van der Waals surface area contributed by atoms with Crippen molar-refractivity contribution < 1.29 is 19.2 Å². The van der Waals surface area contributed by atoms with Crippen LogP contribution in [0.1, 0.15) is 63.7 Å². The Bertz CT molecular complexity index is 1610. The van der Waals surface area contributed by atoms with E-state index in [4.69, 9.17) is 22.9 Å². The zero-order valence-corrected chi connectivity index (χ0v) is 26.3. The van der Waals surface area contributed by atoms with Crippen molar-refractivity contribution in [3.63, 3.8) is 0 Å². The van der Waals surface area contributed by atoms with E-state index in [-0.39, 0.29) is 23.1 Å². The summed E-state index contributed by atoms with van der Waals surface area (Å²) in [5.74, 6) is -0.830. The number of ketones is 4. The summed E-state index contributed by atoms with van der Waals surface area (Å²) in [6.45, 7) is 3.70. The molecule has 248 valence electrons. The number of nitrogens with zero attached hydrogens (tertiary/aromatic N) is 2. The number of nitrogens with one attached hydrogen (secondary N) is 4. The lowest BCUT2D eigenvalue weighted by Crippen LogP contribution is -2.26. The number of fused-ring (bicyclic) bond motifs is 4. The topological polar surface area (TPSA) is 246 Å². The van der Waals surface area contributed by atoms with E-state index in [9.17, 15) is 19.2 Å². The van der Waals surface area contributed by atoms with Gasteiger partial charge in [0.25, 0.3) is 0 Å². The number of rotatable bonds is 12. The van der Waals surface area contributed by atoms with Gasteiger partial charge in [-0.25, -0.2) is 0 Å². The Balaban J connectivity index is 0.000000188. The van der Waals surface area contributed by atoms with Gasteiger partial charge in [-0.05, 0) is 36.4 Å². The fourth-order valence-corrected chi connectivity index (χ4v) is 5.65. The van der Waals surface area contributed by atoms with Crippen LogP contribution in [-0.4, -0.2) is 85.5 Å². The number of pyridine rings is 2. The number of anilines is 4. The molecule has 0 fully saturated rings. The third kappa shape index (κ3) is 6.50. The molecule has 6 rings (SSSR count). The first-order valence-corrected chi connectivity index (χ1v) is 15.5. The Morgan fingerprint density at radius 2 is 0.688 bits per heavy atom. The molecule has 0 unspecified atom stereocenters. The van der Waals surface area contributed by atoms with Gasteiger partial charge in [0.1, 0.15) is 0 Å². The van der Waals surface area contributed by atoms with Crippen molar-refractivity contribution in [2.24, 2.45) is 22.9 Å². The van der Waals surface area contributed by atoms with Gasteiger partial charge in [-0.2, -0.15) is 0 Å². The van der Waals surface area contributed by atoms with Crippen LogP contribution in [0.4, 0.5) is 22.7 Å². The highest BCUT2D eigenvalue weighted by Crippen LogP contribution is 2.37. The number of hydrogen-bond acceptors (Lipinski definition) is 14. The van der Waals surface area contributed by atoms with E-state index in [0.29, 0.717) is 120 Å². The van der Waals surface area contributed by atoms with Gasteiger partial charge in [0.15, 0.2) is 23.1 Å². The molecule has 2 aliphatic carbocycles. The minimum atomic E-state index is -0.219. The van der Waals surface area contributed by atoms with Gasteiger partial charge in [-0.15, -0.1) is 0 Å². The number of hydrogen-bond donors (Lipinski definition) is 8. The van der Waals surface area contributed by atoms with Crippen molar-refractivity contribution in [1.82, 2.24) is 9.97 Å². The van der Waals surface area contributed by atoms with Gasteiger partial charge in [0.05, 0.1) is 33.4 Å². The fraction of sp³-hybridized carbons (Fsp3) is 0.235. The molecule has 0 saturated heterocycles. The Morgan fingerprint density at radius 3 is 0.958 bits per heavy atom. The molecule has 4 aromatic rings. The first kappa shape index (κ1) is 33.8. The smallest absolute Gasteiger partial charge is 0.198 e. The minimum absolute atomic E-state index is 0.196. The fourth-order valence-electron chi connectivity index (χ4n) is 5.65. The van der Waals surface area contributed by atoms with E-state index in [1.807, 2.05) is 0 Å². The average molecular weight is 651 g/mol. The highest BCUT2D eigenvalue weighted by atomic mass is 16.1. The molecule has 0 aliphatic heterocycles. The third-order valence-electron chi connectivity index (χ3n) is 7.78. The molecular formula is C34H38N10O4. The average Bonchev–Trinajstić information content (AvgIpc) is 3.12. The molecule has 14 heteroatoms. The molecule has 0 bridgehead atoms. The van der Waals surface area contributed by atoms with Crippen LogP contribution < -0.4 is 44.2 Å². The van der Waals surface area contributed by atoms with Gasteiger partial charge < -0.3 is 44.2 Å². The molecule has 2 heterocycles. The Kier molecular flexibility index (Phi) is 10.8. The Morgan fingerprint density at radius 1 is 0.417 bits per heavy atom. The highest BCUT2D eigenvalue weighted by Gasteiger charge is 2.35. The zero-order valence-electron chi connectivity index (χ0n) is 26.3. The number of aromatic nitrogens is 2. The van der Waals surface area contributed by atoms with Crippen molar-refractivity contribution in [1.29, 1.82) is 0 Å². The number of benzene rings is 2. The van der Waals surface area contributed by atoms with Crippen LogP contribution in [-0.2, 0) is 0 Å². The zero-order chi connectivity index (χ0) is 34.2. The monoisotopic (exact) mass is 650 g/mol. The lowest BCUT2D eigenvalue weighted by Gasteiger charge is -2.23. The summed E-state index contributed by atoms with van der Waals surface area (Å²) < 4.78 is 0. The van der Waals surface area contributed by atoms with Crippen molar-refractivity contribution in [3.05, 3.63) is 106 Å². The summed E-state index contributed by atoms with van der Waals surface area (Å²) in [6, 6.07) is 10.3. The van der Waals surface area contributed by atoms with E-state index < -0.39 is 0 Å². The molecule has 0 atom stereocenters. The molecule has 0 radical (unpaired) electrons. The van der Waals surface area contributed by atoms with Crippen LogP contribution in [0.5, 0.6) is 0 Å². The standard InChI is InChI=1S/2C17H19N5O2/c2*18-4-7-21-12-1-2-13(22-8-5-19)15-14(12)16(23)10-3-6-20-9-11(10)17(15)24/h2*1-3,6,9,21-22H,4-5,7-8,18-19H2. The number of carbonyl (C=O) groups excluding carboxylic acids is 4. The maximum absolute atomic E-state index is 13.0. The van der Waals surface area contributed by atoms with Crippen molar-refractivity contribution in [2.75, 3.05) is 73.6 Å². The van der Waals surface area contributed by atoms with Gasteiger partial charge >= 0.3 is 0 Å². The van der Waals surface area contributed by atoms with Gasteiger partial charge in [0.2, 0.25) is 0 Å². The summed E-state index contributed by atoms with van der Waals surface area (Å²) in [5, 5.41) is 12.5. The molecule has 2 aliphatic rings. The van der Waals surface area contributed by atoms with Crippen molar-refractivity contribution >= 4 is 45.9 Å². The molecule has 12 N–H and O–H groups in total. The molecule has 14 nitrogen and oxygen atoms in total. The summed E-state index contributed by atoms with van der Waals surface area (Å²) in [5.41, 5.74) is 27.4.